The molecule has 0 spiro atoms. The van der Waals surface area contributed by atoms with Crippen LogP contribution < -0.4 is 0 Å². The van der Waals surface area contributed by atoms with E-state index in [1.54, 1.807) is 12.1 Å². The molecule has 0 fully saturated rings. The second kappa shape index (κ2) is 3.11. The minimum absolute atomic E-state index is 0.171. The van der Waals surface area contributed by atoms with Crippen LogP contribution in [0, 0.1) is 0 Å². The Balaban J connectivity index is 3.31. The van der Waals surface area contributed by atoms with Crippen LogP contribution in [-0.2, 0) is 0 Å². The molecular weight excluding hydrogens is 283 g/mol. The van der Waals surface area contributed by atoms with E-state index in [4.69, 9.17) is 11.6 Å². The summed E-state index contributed by atoms with van der Waals surface area (Å²) in [5.74, 6) is 0.171. The molecule has 0 atom stereocenters. The number of benzene rings is 1. The lowest BCUT2D eigenvalue weighted by atomic mass is 10.3. The Labute approximate surface area is 80.3 Å². The highest BCUT2D eigenvalue weighted by atomic mass is 79.9. The quantitative estimate of drug-likeness (QED) is 0.773. The Bertz CT molecular complexity index is 239. The number of hydrogen-bond donors (Lipinski definition) is 1. The zero-order valence-electron chi connectivity index (χ0n) is 4.74. The van der Waals surface area contributed by atoms with Gasteiger partial charge in [-0.05, 0) is 44.0 Å². The molecule has 0 aliphatic carbocycles. The number of halogens is 3. The van der Waals surface area contributed by atoms with Crippen molar-refractivity contribution in [1.29, 1.82) is 0 Å². The topological polar surface area (TPSA) is 20.2 Å². The van der Waals surface area contributed by atoms with Gasteiger partial charge >= 0.3 is 0 Å². The first kappa shape index (κ1) is 8.37. The van der Waals surface area contributed by atoms with Crippen molar-refractivity contribution in [2.75, 3.05) is 0 Å². The summed E-state index contributed by atoms with van der Waals surface area (Å²) in [6.07, 6.45) is 0. The van der Waals surface area contributed by atoms with Crippen LogP contribution in [0.4, 0.5) is 0 Å². The molecule has 1 aromatic carbocycles. The van der Waals surface area contributed by atoms with E-state index in [0.717, 1.165) is 0 Å². The fraction of sp³-hybridized carbons (Fsp3) is 0. The maximum atomic E-state index is 9.18. The van der Waals surface area contributed by atoms with Crippen molar-refractivity contribution in [1.82, 2.24) is 0 Å². The highest BCUT2D eigenvalue weighted by Gasteiger charge is 2.03. The van der Waals surface area contributed by atoms with E-state index in [9.17, 15) is 5.11 Å². The predicted molar refractivity (Wildman–Crippen MR) is 48.5 cm³/mol. The van der Waals surface area contributed by atoms with Gasteiger partial charge in [-0.3, -0.25) is 0 Å². The number of rotatable bonds is 0. The lowest BCUT2D eigenvalue weighted by molar-refractivity contribution is 0.468. The average Bonchev–Trinajstić information content (AvgIpc) is 1.82. The molecule has 1 nitrogen and oxygen atoms in total. The lowest BCUT2D eigenvalue weighted by Gasteiger charge is -1.99. The Hall–Kier alpha value is 0.270. The van der Waals surface area contributed by atoms with Gasteiger partial charge < -0.3 is 5.11 Å². The summed E-state index contributed by atoms with van der Waals surface area (Å²) in [7, 11) is 0. The van der Waals surface area contributed by atoms with E-state index >= 15 is 0 Å². The maximum Gasteiger partial charge on any atom is 0.144 e. The fourth-order valence-corrected chi connectivity index (χ4v) is 2.20. The molecule has 1 rings (SSSR count). The smallest absolute Gasteiger partial charge is 0.144 e. The summed E-state index contributed by atoms with van der Waals surface area (Å²) in [6, 6.07) is 3.25. The van der Waals surface area contributed by atoms with Gasteiger partial charge in [-0.15, -0.1) is 0 Å². The lowest BCUT2D eigenvalue weighted by Crippen LogP contribution is -1.71. The van der Waals surface area contributed by atoms with Gasteiger partial charge in [0, 0.05) is 5.02 Å². The minimum atomic E-state index is 0.171. The normalized spacial score (nSPS) is 9.90. The van der Waals surface area contributed by atoms with E-state index < -0.39 is 0 Å². The van der Waals surface area contributed by atoms with Crippen LogP contribution in [0.2, 0.25) is 5.02 Å². The molecule has 0 saturated heterocycles. The van der Waals surface area contributed by atoms with Crippen molar-refractivity contribution < 1.29 is 5.11 Å². The van der Waals surface area contributed by atoms with Crippen LogP contribution in [0.1, 0.15) is 0 Å². The summed E-state index contributed by atoms with van der Waals surface area (Å²) in [5.41, 5.74) is 0. The van der Waals surface area contributed by atoms with E-state index in [-0.39, 0.29) is 5.75 Å². The molecule has 0 radical (unpaired) electrons. The Morgan fingerprint density at radius 3 is 2.00 bits per heavy atom. The molecule has 4 heteroatoms. The van der Waals surface area contributed by atoms with Crippen molar-refractivity contribution in [3.8, 4) is 5.75 Å². The standard InChI is InChI=1S/C6H3Br2ClO/c7-4-1-3(9)2-5(8)6(4)10/h1-2,10H. The average molecular weight is 286 g/mol. The van der Waals surface area contributed by atoms with Crippen LogP contribution in [0.15, 0.2) is 21.1 Å². The molecule has 0 bridgehead atoms. The van der Waals surface area contributed by atoms with Crippen LogP contribution in [0.3, 0.4) is 0 Å². The van der Waals surface area contributed by atoms with Gasteiger partial charge in [-0.1, -0.05) is 11.6 Å². The van der Waals surface area contributed by atoms with E-state index in [1.807, 2.05) is 0 Å². The highest BCUT2D eigenvalue weighted by molar-refractivity contribution is 9.11. The summed E-state index contributed by atoms with van der Waals surface area (Å²) in [5, 5.41) is 9.76. The Kier molecular flexibility index (Phi) is 2.61. The second-order valence-corrected chi connectivity index (χ2v) is 3.86. The molecule has 54 valence electrons. The zero-order chi connectivity index (χ0) is 7.72. The number of hydrogen-bond acceptors (Lipinski definition) is 1. The SMILES string of the molecule is Oc1c(Br)cc(Cl)cc1Br. The van der Waals surface area contributed by atoms with Gasteiger partial charge in [0.2, 0.25) is 0 Å². The van der Waals surface area contributed by atoms with Crippen LogP contribution >= 0.6 is 43.5 Å². The fourth-order valence-electron chi connectivity index (χ4n) is 0.535. The van der Waals surface area contributed by atoms with Gasteiger partial charge in [0.25, 0.3) is 0 Å². The van der Waals surface area contributed by atoms with Crippen molar-refractivity contribution in [3.63, 3.8) is 0 Å². The van der Waals surface area contributed by atoms with Gasteiger partial charge in [0.05, 0.1) is 8.95 Å². The third-order valence-electron chi connectivity index (χ3n) is 0.982. The first-order valence-corrected chi connectivity index (χ1v) is 4.41. The molecule has 0 saturated carbocycles. The van der Waals surface area contributed by atoms with Gasteiger partial charge in [-0.2, -0.15) is 0 Å². The predicted octanol–water partition coefficient (Wildman–Crippen LogP) is 3.57. The molecular formula is C6H3Br2ClO. The largest absolute Gasteiger partial charge is 0.506 e. The minimum Gasteiger partial charge on any atom is -0.506 e. The van der Waals surface area contributed by atoms with E-state index in [0.29, 0.717) is 14.0 Å². The van der Waals surface area contributed by atoms with Crippen molar-refractivity contribution in [3.05, 3.63) is 26.1 Å². The molecule has 1 N–H and O–H groups in total. The Morgan fingerprint density at radius 1 is 1.20 bits per heavy atom. The van der Waals surface area contributed by atoms with Gasteiger partial charge in [0.15, 0.2) is 0 Å². The van der Waals surface area contributed by atoms with Crippen molar-refractivity contribution in [2.24, 2.45) is 0 Å². The summed E-state index contributed by atoms with van der Waals surface area (Å²) >= 11 is 11.9. The second-order valence-electron chi connectivity index (χ2n) is 1.72. The monoisotopic (exact) mass is 284 g/mol. The summed E-state index contributed by atoms with van der Waals surface area (Å²) in [6.45, 7) is 0. The van der Waals surface area contributed by atoms with Crippen molar-refractivity contribution >= 4 is 43.5 Å². The van der Waals surface area contributed by atoms with Crippen LogP contribution in [0.25, 0.3) is 0 Å². The molecule has 0 aliphatic rings. The molecule has 0 aromatic heterocycles. The molecule has 0 unspecified atom stereocenters. The molecule has 1 aromatic rings. The van der Waals surface area contributed by atoms with Crippen LogP contribution in [-0.4, -0.2) is 5.11 Å². The zero-order valence-corrected chi connectivity index (χ0v) is 8.66. The molecule has 0 aliphatic heterocycles. The highest BCUT2D eigenvalue weighted by Crippen LogP contribution is 2.34. The van der Waals surface area contributed by atoms with Gasteiger partial charge in [0.1, 0.15) is 5.75 Å². The van der Waals surface area contributed by atoms with E-state index in [2.05, 4.69) is 31.9 Å². The number of phenols is 1. The number of aromatic hydroxyl groups is 1. The van der Waals surface area contributed by atoms with Crippen molar-refractivity contribution in [2.45, 2.75) is 0 Å². The van der Waals surface area contributed by atoms with Gasteiger partial charge in [-0.25, -0.2) is 0 Å². The first-order chi connectivity index (χ1) is 4.61. The van der Waals surface area contributed by atoms with Crippen LogP contribution in [0.5, 0.6) is 5.75 Å². The Morgan fingerprint density at radius 2 is 1.60 bits per heavy atom. The number of phenolic OH excluding ortho intramolecular Hbond substituents is 1. The maximum absolute atomic E-state index is 9.18. The third kappa shape index (κ3) is 1.65. The first-order valence-electron chi connectivity index (χ1n) is 2.45. The third-order valence-corrected chi connectivity index (χ3v) is 2.41. The summed E-state index contributed by atoms with van der Waals surface area (Å²) < 4.78 is 1.18. The molecule has 10 heavy (non-hydrogen) atoms. The van der Waals surface area contributed by atoms with E-state index in [1.165, 1.54) is 0 Å². The summed E-state index contributed by atoms with van der Waals surface area (Å²) in [4.78, 5) is 0. The molecule has 0 amide bonds. The molecule has 0 heterocycles.